The fraction of sp³-hybridized carbons (Fsp3) is 0.435. The Kier molecular flexibility index (Phi) is 5.47. The molecule has 2 aliphatic rings. The molecule has 164 valence electrons. The maximum atomic E-state index is 13.0. The van der Waals surface area contributed by atoms with Crippen molar-refractivity contribution in [2.75, 3.05) is 37.6 Å². The van der Waals surface area contributed by atoms with E-state index < -0.39 is 5.60 Å². The van der Waals surface area contributed by atoms with Crippen LogP contribution in [0, 0.1) is 6.92 Å². The van der Waals surface area contributed by atoms with E-state index in [4.69, 9.17) is 9.15 Å². The van der Waals surface area contributed by atoms with Crippen molar-refractivity contribution in [3.8, 4) is 5.75 Å². The van der Waals surface area contributed by atoms with Gasteiger partial charge < -0.3 is 23.9 Å². The third kappa shape index (κ3) is 4.15. The smallest absolute Gasteiger partial charge is 0.289 e. The molecule has 1 aromatic heterocycles. The second-order valence-electron chi connectivity index (χ2n) is 8.44. The van der Waals surface area contributed by atoms with Gasteiger partial charge in [-0.05, 0) is 50.6 Å². The highest BCUT2D eigenvalue weighted by atomic mass is 16.5. The Bertz CT molecular complexity index is 991. The lowest BCUT2D eigenvalue weighted by Crippen LogP contribution is -2.54. The van der Waals surface area contributed by atoms with Gasteiger partial charge in [-0.1, -0.05) is 6.07 Å². The average molecular weight is 425 g/mol. The summed E-state index contributed by atoms with van der Waals surface area (Å²) in [5, 5.41) is 0. The normalized spacial score (nSPS) is 17.9. The summed E-state index contributed by atoms with van der Waals surface area (Å²) in [6.45, 7) is 7.55. The summed E-state index contributed by atoms with van der Waals surface area (Å²) in [4.78, 5) is 43.3. The maximum absolute atomic E-state index is 13.0. The maximum Gasteiger partial charge on any atom is 0.289 e. The highest BCUT2D eigenvalue weighted by Crippen LogP contribution is 2.38. The number of fused-ring (bicyclic) bond motifs is 1. The van der Waals surface area contributed by atoms with E-state index in [0.29, 0.717) is 43.4 Å². The van der Waals surface area contributed by atoms with Gasteiger partial charge in [-0.15, -0.1) is 0 Å². The van der Waals surface area contributed by atoms with Gasteiger partial charge in [0.2, 0.25) is 5.91 Å². The Balaban J connectivity index is 1.37. The van der Waals surface area contributed by atoms with Gasteiger partial charge in [0, 0.05) is 39.1 Å². The number of hydrogen-bond acceptors (Lipinski definition) is 5. The molecule has 31 heavy (non-hydrogen) atoms. The fourth-order valence-corrected chi connectivity index (χ4v) is 3.98. The Hall–Kier alpha value is -3.29. The van der Waals surface area contributed by atoms with Crippen LogP contribution in [-0.4, -0.2) is 65.8 Å². The fourth-order valence-electron chi connectivity index (χ4n) is 3.98. The van der Waals surface area contributed by atoms with Crippen molar-refractivity contribution >= 4 is 23.4 Å². The Morgan fingerprint density at radius 3 is 2.45 bits per heavy atom. The Labute approximate surface area is 181 Å². The molecule has 1 fully saturated rings. The first-order chi connectivity index (χ1) is 14.8. The van der Waals surface area contributed by atoms with Gasteiger partial charge in [0.15, 0.2) is 11.4 Å². The summed E-state index contributed by atoms with van der Waals surface area (Å²) < 4.78 is 11.0. The minimum atomic E-state index is -0.983. The van der Waals surface area contributed by atoms with Crippen LogP contribution < -0.4 is 9.64 Å². The van der Waals surface area contributed by atoms with Gasteiger partial charge in [0.25, 0.3) is 11.8 Å². The number of rotatable bonds is 4. The van der Waals surface area contributed by atoms with E-state index in [1.165, 1.54) is 6.26 Å². The number of hydrogen-bond donors (Lipinski definition) is 0. The van der Waals surface area contributed by atoms with Crippen LogP contribution in [0.5, 0.6) is 5.75 Å². The number of carbonyl (C=O) groups is 3. The van der Waals surface area contributed by atoms with Gasteiger partial charge in [-0.25, -0.2) is 0 Å². The lowest BCUT2D eigenvalue weighted by molar-refractivity contribution is -0.134. The number of nitrogens with zero attached hydrogens (tertiary/aromatic N) is 3. The quantitative estimate of drug-likeness (QED) is 0.752. The number of aryl methyl sites for hydroxylation is 1. The molecule has 0 saturated carbocycles. The summed E-state index contributed by atoms with van der Waals surface area (Å²) in [7, 11) is 0. The number of piperazine rings is 1. The van der Waals surface area contributed by atoms with Crippen LogP contribution in [0.3, 0.4) is 0 Å². The second-order valence-corrected chi connectivity index (χ2v) is 8.44. The van der Waals surface area contributed by atoms with E-state index in [1.54, 1.807) is 40.7 Å². The standard InChI is InChI=1S/C23H27N3O5/c1-16-6-7-18-17(15-16)26(22(29)23(2,3)31-18)9-8-20(27)24-10-12-25(13-11-24)21(28)19-5-4-14-30-19/h4-7,14-15H,8-13H2,1-3H3. The first-order valence-corrected chi connectivity index (χ1v) is 10.5. The lowest BCUT2D eigenvalue weighted by atomic mass is 10.0. The number of benzene rings is 1. The number of ether oxygens (including phenoxy) is 1. The highest BCUT2D eigenvalue weighted by molar-refractivity contribution is 6.02. The van der Waals surface area contributed by atoms with Crippen LogP contribution in [0.2, 0.25) is 0 Å². The molecule has 1 aromatic carbocycles. The van der Waals surface area contributed by atoms with Gasteiger partial charge in [0.1, 0.15) is 5.75 Å². The van der Waals surface area contributed by atoms with Gasteiger partial charge in [-0.2, -0.15) is 0 Å². The first kappa shape index (κ1) is 21.0. The third-order valence-corrected chi connectivity index (χ3v) is 5.73. The summed E-state index contributed by atoms with van der Waals surface area (Å²) in [6.07, 6.45) is 1.68. The Morgan fingerprint density at radius 2 is 1.77 bits per heavy atom. The van der Waals surface area contributed by atoms with Crippen molar-refractivity contribution in [2.24, 2.45) is 0 Å². The van der Waals surface area contributed by atoms with E-state index in [9.17, 15) is 14.4 Å². The molecular weight excluding hydrogens is 398 g/mol. The molecule has 1 saturated heterocycles. The molecule has 8 nitrogen and oxygen atoms in total. The summed E-state index contributed by atoms with van der Waals surface area (Å²) in [5.74, 6) is 0.601. The van der Waals surface area contributed by atoms with E-state index in [0.717, 1.165) is 5.56 Å². The van der Waals surface area contributed by atoms with E-state index in [1.807, 2.05) is 25.1 Å². The van der Waals surface area contributed by atoms with E-state index in [2.05, 4.69) is 0 Å². The molecule has 2 aromatic rings. The largest absolute Gasteiger partial charge is 0.476 e. The number of anilines is 1. The summed E-state index contributed by atoms with van der Waals surface area (Å²) in [5.41, 5.74) is 0.734. The minimum absolute atomic E-state index is 0.0311. The SMILES string of the molecule is Cc1ccc2c(c1)N(CCC(=O)N1CCN(C(=O)c3ccco3)CC1)C(=O)C(C)(C)O2. The average Bonchev–Trinajstić information content (AvgIpc) is 3.29. The van der Waals surface area contributed by atoms with Crippen LogP contribution in [0.25, 0.3) is 0 Å². The van der Waals surface area contributed by atoms with Gasteiger partial charge in [-0.3, -0.25) is 14.4 Å². The predicted octanol–water partition coefficient (Wildman–Crippen LogP) is 2.47. The van der Waals surface area contributed by atoms with Crippen LogP contribution >= 0.6 is 0 Å². The second kappa shape index (κ2) is 8.09. The molecule has 0 bridgehead atoms. The molecule has 0 unspecified atom stereocenters. The van der Waals surface area contributed by atoms with Crippen LogP contribution in [0.1, 0.15) is 36.4 Å². The lowest BCUT2D eigenvalue weighted by Gasteiger charge is -2.39. The molecule has 8 heteroatoms. The molecule has 3 heterocycles. The van der Waals surface area contributed by atoms with Crippen molar-refractivity contribution in [2.45, 2.75) is 32.8 Å². The third-order valence-electron chi connectivity index (χ3n) is 5.73. The summed E-state index contributed by atoms with van der Waals surface area (Å²) in [6, 6.07) is 9.04. The van der Waals surface area contributed by atoms with Crippen molar-refractivity contribution < 1.29 is 23.5 Å². The van der Waals surface area contributed by atoms with Gasteiger partial charge >= 0.3 is 0 Å². The van der Waals surface area contributed by atoms with Crippen LogP contribution in [0.4, 0.5) is 5.69 Å². The van der Waals surface area contributed by atoms with Crippen LogP contribution in [-0.2, 0) is 9.59 Å². The zero-order chi connectivity index (χ0) is 22.2. The molecule has 2 aliphatic heterocycles. The topological polar surface area (TPSA) is 83.3 Å². The zero-order valence-corrected chi connectivity index (χ0v) is 18.1. The van der Waals surface area contributed by atoms with Crippen molar-refractivity contribution in [1.29, 1.82) is 0 Å². The predicted molar refractivity (Wildman–Crippen MR) is 114 cm³/mol. The summed E-state index contributed by atoms with van der Waals surface area (Å²) >= 11 is 0. The molecule has 0 N–H and O–H groups in total. The van der Waals surface area contributed by atoms with Crippen molar-refractivity contribution in [1.82, 2.24) is 9.80 Å². The molecule has 0 aliphatic carbocycles. The molecule has 4 rings (SSSR count). The highest BCUT2D eigenvalue weighted by Gasteiger charge is 2.41. The number of amides is 3. The molecular formula is C23H27N3O5. The monoisotopic (exact) mass is 425 g/mol. The van der Waals surface area contributed by atoms with Crippen LogP contribution in [0.15, 0.2) is 41.0 Å². The van der Waals surface area contributed by atoms with Gasteiger partial charge in [0.05, 0.1) is 12.0 Å². The van der Waals surface area contributed by atoms with E-state index >= 15 is 0 Å². The first-order valence-electron chi connectivity index (χ1n) is 10.5. The van der Waals surface area contributed by atoms with Crippen molar-refractivity contribution in [3.05, 3.63) is 47.9 Å². The molecule has 3 amide bonds. The molecule has 0 radical (unpaired) electrons. The Morgan fingerprint density at radius 1 is 1.06 bits per heavy atom. The molecule has 0 spiro atoms. The minimum Gasteiger partial charge on any atom is -0.476 e. The van der Waals surface area contributed by atoms with E-state index in [-0.39, 0.29) is 30.7 Å². The number of furan rings is 1. The molecule has 0 atom stereocenters. The van der Waals surface area contributed by atoms with Crippen molar-refractivity contribution in [3.63, 3.8) is 0 Å². The number of carbonyl (C=O) groups excluding carboxylic acids is 3. The zero-order valence-electron chi connectivity index (χ0n) is 18.1.